The number of nitrogens with zero attached hydrogens (tertiary/aromatic N) is 4. The summed E-state index contributed by atoms with van der Waals surface area (Å²) in [6, 6.07) is 19.3. The molecular weight excluding hydrogens is 436 g/mol. The summed E-state index contributed by atoms with van der Waals surface area (Å²) in [5, 5.41) is 5.49. The maximum Gasteiger partial charge on any atom is 0.269 e. The summed E-state index contributed by atoms with van der Waals surface area (Å²) in [5.41, 5.74) is 17.0. The highest BCUT2D eigenvalue weighted by molar-refractivity contribution is 5.91. The summed E-state index contributed by atoms with van der Waals surface area (Å²) in [6.45, 7) is 7.00. The molecule has 0 aliphatic carbocycles. The predicted molar refractivity (Wildman–Crippen MR) is 140 cm³/mol. The topological polar surface area (TPSA) is 95.1 Å². The number of fused-ring (bicyclic) bond motifs is 1. The van der Waals surface area contributed by atoms with E-state index in [1.807, 2.05) is 13.0 Å². The van der Waals surface area contributed by atoms with Crippen LogP contribution in [0.25, 0.3) is 16.6 Å². The molecule has 7 nitrogen and oxygen atoms in total. The van der Waals surface area contributed by atoms with Gasteiger partial charge in [-0.05, 0) is 99.7 Å². The van der Waals surface area contributed by atoms with Crippen LogP contribution < -0.4 is 11.5 Å². The van der Waals surface area contributed by atoms with Crippen molar-refractivity contribution in [2.24, 2.45) is 11.5 Å². The Morgan fingerprint density at radius 3 is 2.51 bits per heavy atom. The first-order valence-electron chi connectivity index (χ1n) is 12.5. The Kier molecular flexibility index (Phi) is 6.70. The number of rotatable bonds is 8. The largest absolute Gasteiger partial charge is 0.364 e. The number of benzene rings is 2. The fraction of sp³-hybridized carbons (Fsp3) is 0.357. The van der Waals surface area contributed by atoms with Crippen LogP contribution in [0.5, 0.6) is 0 Å². The second-order valence-electron chi connectivity index (χ2n) is 9.63. The van der Waals surface area contributed by atoms with E-state index in [9.17, 15) is 4.79 Å². The number of nitrogens with two attached hydrogens (primary N) is 2. The van der Waals surface area contributed by atoms with Crippen molar-refractivity contribution in [1.29, 1.82) is 0 Å². The second-order valence-corrected chi connectivity index (χ2v) is 9.63. The van der Waals surface area contributed by atoms with Crippen LogP contribution in [-0.4, -0.2) is 51.3 Å². The lowest BCUT2D eigenvalue weighted by Gasteiger charge is -2.32. The summed E-state index contributed by atoms with van der Waals surface area (Å²) >= 11 is 0. The van der Waals surface area contributed by atoms with Crippen LogP contribution >= 0.6 is 0 Å². The van der Waals surface area contributed by atoms with Gasteiger partial charge in [0.05, 0.1) is 5.69 Å². The Morgan fingerprint density at radius 2 is 1.83 bits per heavy atom. The summed E-state index contributed by atoms with van der Waals surface area (Å²) in [4.78, 5) is 14.0. The standard InChI is InChI=1S/C28H34N6O/c1-20-17-26(28(30)35)31-34(20)25-7-8-27-24(18-25)11-16-33(27)19-21-3-5-22(6-4-21)23-9-14-32(15-10-23)13-2-12-29/h3-8,11,16-18,23H,2,9-10,12-15,19,29H2,1H3,(H2,30,35). The lowest BCUT2D eigenvalue weighted by Crippen LogP contribution is -2.34. The number of hydrogen-bond donors (Lipinski definition) is 2. The van der Waals surface area contributed by atoms with Crippen LogP contribution in [0.3, 0.4) is 0 Å². The minimum absolute atomic E-state index is 0.278. The molecule has 2 aromatic carbocycles. The van der Waals surface area contributed by atoms with Crippen molar-refractivity contribution in [3.05, 3.63) is 83.3 Å². The summed E-state index contributed by atoms with van der Waals surface area (Å²) in [5.74, 6) is 0.142. The van der Waals surface area contributed by atoms with E-state index in [0.29, 0.717) is 5.92 Å². The number of hydrogen-bond acceptors (Lipinski definition) is 4. The molecule has 35 heavy (non-hydrogen) atoms. The molecule has 1 fully saturated rings. The Hall–Kier alpha value is -3.42. The normalized spacial score (nSPS) is 15.1. The molecule has 1 saturated heterocycles. The summed E-state index contributed by atoms with van der Waals surface area (Å²) in [6.07, 6.45) is 5.67. The molecule has 3 heterocycles. The predicted octanol–water partition coefficient (Wildman–Crippen LogP) is 3.81. The molecule has 2 aromatic heterocycles. The third-order valence-electron chi connectivity index (χ3n) is 7.21. The number of piperidine rings is 1. The zero-order chi connectivity index (χ0) is 24.4. The number of aryl methyl sites for hydroxylation is 1. The first-order chi connectivity index (χ1) is 17.0. The van der Waals surface area contributed by atoms with E-state index in [4.69, 9.17) is 11.5 Å². The van der Waals surface area contributed by atoms with Crippen LogP contribution in [0.15, 0.2) is 60.8 Å². The van der Waals surface area contributed by atoms with Gasteiger partial charge in [-0.2, -0.15) is 5.10 Å². The molecule has 0 radical (unpaired) electrons. The van der Waals surface area contributed by atoms with Crippen LogP contribution in [0.4, 0.5) is 0 Å². The molecule has 1 aliphatic heterocycles. The van der Waals surface area contributed by atoms with Gasteiger partial charge in [0.25, 0.3) is 5.91 Å². The van der Waals surface area contributed by atoms with E-state index in [1.165, 1.54) is 42.6 Å². The molecule has 1 aliphatic rings. The molecule has 182 valence electrons. The average Bonchev–Trinajstić information content (AvgIpc) is 3.46. The van der Waals surface area contributed by atoms with Crippen molar-refractivity contribution in [3.8, 4) is 5.69 Å². The van der Waals surface area contributed by atoms with Crippen molar-refractivity contribution in [3.63, 3.8) is 0 Å². The third kappa shape index (κ3) is 5.01. The first-order valence-corrected chi connectivity index (χ1v) is 12.5. The number of likely N-dealkylation sites (tertiary alicyclic amines) is 1. The Balaban J connectivity index is 1.27. The van der Waals surface area contributed by atoms with Crippen LogP contribution in [0, 0.1) is 6.92 Å². The summed E-state index contributed by atoms with van der Waals surface area (Å²) in [7, 11) is 0. The summed E-state index contributed by atoms with van der Waals surface area (Å²) < 4.78 is 4.03. The highest BCUT2D eigenvalue weighted by Gasteiger charge is 2.20. The molecule has 0 atom stereocenters. The number of primary amides is 1. The van der Waals surface area contributed by atoms with Crippen LogP contribution in [-0.2, 0) is 6.54 Å². The van der Waals surface area contributed by atoms with Crippen molar-refractivity contribution in [2.75, 3.05) is 26.2 Å². The van der Waals surface area contributed by atoms with Crippen molar-refractivity contribution in [1.82, 2.24) is 19.2 Å². The van der Waals surface area contributed by atoms with Gasteiger partial charge >= 0.3 is 0 Å². The van der Waals surface area contributed by atoms with Gasteiger partial charge in [0, 0.05) is 29.3 Å². The van der Waals surface area contributed by atoms with Gasteiger partial charge in [0.15, 0.2) is 5.69 Å². The first kappa shape index (κ1) is 23.3. The molecule has 0 bridgehead atoms. The van der Waals surface area contributed by atoms with Crippen LogP contribution in [0.2, 0.25) is 0 Å². The van der Waals surface area contributed by atoms with E-state index in [0.717, 1.165) is 42.8 Å². The monoisotopic (exact) mass is 470 g/mol. The Labute approximate surface area is 206 Å². The maximum absolute atomic E-state index is 11.5. The third-order valence-corrected chi connectivity index (χ3v) is 7.21. The number of carbonyl (C=O) groups excluding carboxylic acids is 1. The van der Waals surface area contributed by atoms with Gasteiger partial charge in [-0.15, -0.1) is 0 Å². The molecule has 5 rings (SSSR count). The zero-order valence-electron chi connectivity index (χ0n) is 20.4. The molecule has 0 unspecified atom stereocenters. The van der Waals surface area contributed by atoms with Gasteiger partial charge < -0.3 is 20.9 Å². The minimum atomic E-state index is -0.516. The number of aromatic nitrogens is 3. The van der Waals surface area contributed by atoms with E-state index >= 15 is 0 Å². The zero-order valence-corrected chi connectivity index (χ0v) is 20.4. The highest BCUT2D eigenvalue weighted by atomic mass is 16.1. The number of carbonyl (C=O) groups is 1. The van der Waals surface area contributed by atoms with Crippen LogP contribution in [0.1, 0.15) is 52.5 Å². The molecular formula is C28H34N6O. The second kappa shape index (κ2) is 10.1. The van der Waals surface area contributed by atoms with Crippen molar-refractivity contribution >= 4 is 16.8 Å². The van der Waals surface area contributed by atoms with E-state index < -0.39 is 5.91 Å². The van der Waals surface area contributed by atoms with Gasteiger partial charge in [0.2, 0.25) is 0 Å². The Morgan fingerprint density at radius 1 is 1.06 bits per heavy atom. The molecule has 4 N–H and O–H groups in total. The SMILES string of the molecule is Cc1cc(C(N)=O)nn1-c1ccc2c(ccn2Cc2ccc(C3CCN(CCCN)CC3)cc2)c1. The molecule has 0 spiro atoms. The average molecular weight is 471 g/mol. The molecule has 7 heteroatoms. The Bertz CT molecular complexity index is 1310. The minimum Gasteiger partial charge on any atom is -0.364 e. The van der Waals surface area contributed by atoms with E-state index in [-0.39, 0.29) is 5.69 Å². The number of amides is 1. The highest BCUT2D eigenvalue weighted by Crippen LogP contribution is 2.29. The van der Waals surface area contributed by atoms with Crippen molar-refractivity contribution in [2.45, 2.75) is 38.6 Å². The van der Waals surface area contributed by atoms with Gasteiger partial charge in [-0.25, -0.2) is 4.68 Å². The van der Waals surface area contributed by atoms with E-state index in [2.05, 4.69) is 63.2 Å². The van der Waals surface area contributed by atoms with Crippen molar-refractivity contribution < 1.29 is 4.79 Å². The molecule has 1 amide bonds. The smallest absolute Gasteiger partial charge is 0.269 e. The lowest BCUT2D eigenvalue weighted by atomic mass is 9.89. The van der Waals surface area contributed by atoms with Gasteiger partial charge in [-0.3, -0.25) is 4.79 Å². The van der Waals surface area contributed by atoms with Gasteiger partial charge in [0.1, 0.15) is 0 Å². The molecule has 0 saturated carbocycles. The maximum atomic E-state index is 11.5. The lowest BCUT2D eigenvalue weighted by molar-refractivity contribution is 0.0995. The van der Waals surface area contributed by atoms with E-state index in [1.54, 1.807) is 10.7 Å². The quantitative estimate of drug-likeness (QED) is 0.409. The fourth-order valence-corrected chi connectivity index (χ4v) is 5.21. The fourth-order valence-electron chi connectivity index (χ4n) is 5.21. The van der Waals surface area contributed by atoms with Gasteiger partial charge in [-0.1, -0.05) is 24.3 Å². The molecule has 4 aromatic rings.